The van der Waals surface area contributed by atoms with Crippen molar-refractivity contribution < 1.29 is 23.8 Å². The number of amides is 2. The van der Waals surface area contributed by atoms with E-state index in [4.69, 9.17) is 19.3 Å². The fourth-order valence-electron chi connectivity index (χ4n) is 5.04. The van der Waals surface area contributed by atoms with Gasteiger partial charge in [-0.3, -0.25) is 14.5 Å². The van der Waals surface area contributed by atoms with Crippen LogP contribution in [-0.4, -0.2) is 54.3 Å². The van der Waals surface area contributed by atoms with Gasteiger partial charge in [0.05, 0.1) is 29.5 Å². The van der Waals surface area contributed by atoms with Crippen LogP contribution in [-0.2, 0) is 9.59 Å². The second-order valence-corrected chi connectivity index (χ2v) is 10.8. The van der Waals surface area contributed by atoms with Crippen LogP contribution in [0, 0.1) is 0 Å². The highest BCUT2D eigenvalue weighted by Crippen LogP contribution is 2.50. The van der Waals surface area contributed by atoms with Crippen molar-refractivity contribution in [3.8, 4) is 34.2 Å². The van der Waals surface area contributed by atoms with Gasteiger partial charge >= 0.3 is 0 Å². The highest BCUT2D eigenvalue weighted by molar-refractivity contribution is 8.00. The zero-order chi connectivity index (χ0) is 28.3. The van der Waals surface area contributed by atoms with Crippen LogP contribution in [0.5, 0.6) is 17.2 Å². The minimum atomic E-state index is -0.269. The van der Waals surface area contributed by atoms with Crippen LogP contribution in [0.2, 0.25) is 0 Å². The van der Waals surface area contributed by atoms with E-state index in [1.165, 1.54) is 11.8 Å². The first-order valence-electron chi connectivity index (χ1n) is 13.5. The molecule has 41 heavy (non-hydrogen) atoms. The third kappa shape index (κ3) is 5.22. The van der Waals surface area contributed by atoms with Crippen molar-refractivity contribution in [2.45, 2.75) is 18.6 Å². The van der Waals surface area contributed by atoms with Crippen molar-refractivity contribution >= 4 is 29.4 Å². The predicted octanol–water partition coefficient (Wildman–Crippen LogP) is 4.97. The van der Waals surface area contributed by atoms with E-state index in [0.717, 1.165) is 34.5 Å². The van der Waals surface area contributed by atoms with E-state index < -0.39 is 0 Å². The summed E-state index contributed by atoms with van der Waals surface area (Å²) in [5.74, 6) is 2.43. The maximum atomic E-state index is 13.8. The van der Waals surface area contributed by atoms with Crippen LogP contribution in [0.1, 0.15) is 29.7 Å². The standard InChI is InChI=1S/C31H30N4O5S/c1-3-15-32-26(36)17-34-27(37)18-41-30(21-9-14-24-25(16-21)40-19-39-24)28-29(20-7-5-4-6-8-20)33-35(31(28)34)22-10-12-23(38-2)13-11-22/h4-14,16,30H,3,15,17-19H2,1-2H3,(H,32,36). The van der Waals surface area contributed by atoms with E-state index in [9.17, 15) is 9.59 Å². The summed E-state index contributed by atoms with van der Waals surface area (Å²) in [7, 11) is 1.62. The molecule has 1 unspecified atom stereocenters. The first-order chi connectivity index (χ1) is 20.1. The molecular formula is C31H30N4O5S. The molecule has 0 fully saturated rings. The van der Waals surface area contributed by atoms with Gasteiger partial charge in [-0.15, -0.1) is 11.8 Å². The number of anilines is 1. The average molecular weight is 571 g/mol. The molecule has 0 aliphatic carbocycles. The number of rotatable bonds is 8. The number of thioether (sulfide) groups is 1. The van der Waals surface area contributed by atoms with Crippen LogP contribution in [0.15, 0.2) is 72.8 Å². The molecule has 0 spiro atoms. The van der Waals surface area contributed by atoms with E-state index in [-0.39, 0.29) is 36.2 Å². The van der Waals surface area contributed by atoms with Crippen molar-refractivity contribution in [1.82, 2.24) is 15.1 Å². The van der Waals surface area contributed by atoms with Crippen molar-refractivity contribution in [3.05, 3.63) is 83.9 Å². The zero-order valence-electron chi connectivity index (χ0n) is 22.8. The molecule has 210 valence electrons. The molecule has 0 saturated carbocycles. The van der Waals surface area contributed by atoms with Gasteiger partial charge in [0.25, 0.3) is 0 Å². The SMILES string of the molecule is CCCNC(=O)CN1C(=O)CSC(c2ccc3c(c2)OCO3)c2c(-c3ccccc3)nn(-c3ccc(OC)cc3)c21. The number of ether oxygens (including phenoxy) is 3. The summed E-state index contributed by atoms with van der Waals surface area (Å²) in [6.07, 6.45) is 0.801. The van der Waals surface area contributed by atoms with Crippen LogP contribution in [0.3, 0.4) is 0 Å². The predicted molar refractivity (Wildman–Crippen MR) is 158 cm³/mol. The number of aromatic nitrogens is 2. The maximum Gasteiger partial charge on any atom is 0.240 e. The minimum absolute atomic E-state index is 0.115. The quantitative estimate of drug-likeness (QED) is 0.320. The number of nitrogens with one attached hydrogen (secondary N) is 1. The van der Waals surface area contributed by atoms with Crippen LogP contribution >= 0.6 is 11.8 Å². The van der Waals surface area contributed by atoms with Crippen molar-refractivity contribution in [3.63, 3.8) is 0 Å². The number of carbonyl (C=O) groups is 2. The van der Waals surface area contributed by atoms with Crippen LogP contribution in [0.25, 0.3) is 16.9 Å². The molecule has 2 amide bonds. The third-order valence-corrected chi connectivity index (χ3v) is 8.28. The Balaban J connectivity index is 1.59. The topological polar surface area (TPSA) is 94.9 Å². The zero-order valence-corrected chi connectivity index (χ0v) is 23.6. The molecule has 3 aromatic carbocycles. The van der Waals surface area contributed by atoms with Crippen molar-refractivity contribution in [2.24, 2.45) is 0 Å². The lowest BCUT2D eigenvalue weighted by Gasteiger charge is -2.23. The highest BCUT2D eigenvalue weighted by Gasteiger charge is 2.38. The molecule has 1 atom stereocenters. The number of methoxy groups -OCH3 is 1. The van der Waals surface area contributed by atoms with E-state index in [1.54, 1.807) is 16.7 Å². The summed E-state index contributed by atoms with van der Waals surface area (Å²) in [5.41, 5.74) is 4.20. The lowest BCUT2D eigenvalue weighted by Crippen LogP contribution is -2.42. The summed E-state index contributed by atoms with van der Waals surface area (Å²) >= 11 is 1.51. The second-order valence-electron chi connectivity index (χ2n) is 9.70. The van der Waals surface area contributed by atoms with Gasteiger partial charge in [0, 0.05) is 17.7 Å². The second kappa shape index (κ2) is 11.6. The lowest BCUT2D eigenvalue weighted by atomic mass is 9.99. The molecule has 0 saturated heterocycles. The highest BCUT2D eigenvalue weighted by atomic mass is 32.2. The molecular weight excluding hydrogens is 540 g/mol. The molecule has 0 radical (unpaired) electrons. The largest absolute Gasteiger partial charge is 0.497 e. The van der Waals surface area contributed by atoms with Gasteiger partial charge in [-0.25, -0.2) is 4.68 Å². The molecule has 2 aliphatic rings. The Hall–Kier alpha value is -4.44. The molecule has 1 N–H and O–H groups in total. The number of benzene rings is 3. The van der Waals surface area contributed by atoms with Gasteiger partial charge in [0.1, 0.15) is 18.1 Å². The number of carbonyl (C=O) groups excluding carboxylic acids is 2. The number of hydrogen-bond acceptors (Lipinski definition) is 7. The average Bonchev–Trinajstić information content (AvgIpc) is 3.61. The molecule has 1 aromatic heterocycles. The first kappa shape index (κ1) is 26.8. The number of fused-ring (bicyclic) bond motifs is 2. The molecule has 10 heteroatoms. The normalized spacial score (nSPS) is 15.8. The van der Waals surface area contributed by atoms with Gasteiger partial charge in [0.2, 0.25) is 18.6 Å². The Morgan fingerprint density at radius 3 is 2.61 bits per heavy atom. The minimum Gasteiger partial charge on any atom is -0.497 e. The molecule has 3 heterocycles. The third-order valence-electron chi connectivity index (χ3n) is 7.03. The number of nitrogens with zero attached hydrogens (tertiary/aromatic N) is 3. The van der Waals surface area contributed by atoms with Gasteiger partial charge in [-0.2, -0.15) is 5.10 Å². The van der Waals surface area contributed by atoms with Gasteiger partial charge in [-0.05, 0) is 48.4 Å². The van der Waals surface area contributed by atoms with E-state index in [2.05, 4.69) is 5.32 Å². The van der Waals surface area contributed by atoms with E-state index in [1.807, 2.05) is 79.7 Å². The fourth-order valence-corrected chi connectivity index (χ4v) is 6.22. The van der Waals surface area contributed by atoms with E-state index >= 15 is 0 Å². The summed E-state index contributed by atoms with van der Waals surface area (Å²) in [6.45, 7) is 2.59. The van der Waals surface area contributed by atoms with Crippen LogP contribution < -0.4 is 24.4 Å². The van der Waals surface area contributed by atoms with Gasteiger partial charge in [-0.1, -0.05) is 43.3 Å². The Bertz CT molecular complexity index is 1570. The number of hydrogen-bond donors (Lipinski definition) is 1. The Morgan fingerprint density at radius 2 is 1.85 bits per heavy atom. The summed E-state index contributed by atoms with van der Waals surface area (Å²) in [5, 5.41) is 7.76. The van der Waals surface area contributed by atoms with Crippen molar-refractivity contribution in [1.29, 1.82) is 0 Å². The van der Waals surface area contributed by atoms with Crippen molar-refractivity contribution in [2.75, 3.05) is 37.6 Å². The molecule has 6 rings (SSSR count). The summed E-state index contributed by atoms with van der Waals surface area (Å²) in [6, 6.07) is 23.3. The molecule has 4 aromatic rings. The Kier molecular flexibility index (Phi) is 7.56. The smallest absolute Gasteiger partial charge is 0.240 e. The van der Waals surface area contributed by atoms with E-state index in [0.29, 0.717) is 29.6 Å². The monoisotopic (exact) mass is 570 g/mol. The maximum absolute atomic E-state index is 13.8. The molecule has 2 aliphatic heterocycles. The molecule has 9 nitrogen and oxygen atoms in total. The summed E-state index contributed by atoms with van der Waals surface area (Å²) in [4.78, 5) is 28.4. The van der Waals surface area contributed by atoms with Crippen LogP contribution in [0.4, 0.5) is 5.82 Å². The lowest BCUT2D eigenvalue weighted by molar-refractivity contribution is -0.122. The van der Waals surface area contributed by atoms with Gasteiger partial charge < -0.3 is 19.5 Å². The first-order valence-corrected chi connectivity index (χ1v) is 14.5. The molecule has 0 bridgehead atoms. The Morgan fingerprint density at radius 1 is 1.07 bits per heavy atom. The van der Waals surface area contributed by atoms with Gasteiger partial charge in [0.15, 0.2) is 11.5 Å². The Labute approximate surface area is 242 Å². The fraction of sp³-hybridized carbons (Fsp3) is 0.258. The summed E-state index contributed by atoms with van der Waals surface area (Å²) < 4.78 is 18.4.